The summed E-state index contributed by atoms with van der Waals surface area (Å²) in [6, 6.07) is 70.9. The second-order valence-electron chi connectivity index (χ2n) is 16.1. The van der Waals surface area contributed by atoms with E-state index in [9.17, 15) is 0 Å². The third-order valence-electron chi connectivity index (χ3n) is 12.6. The molecule has 0 unspecified atom stereocenters. The van der Waals surface area contributed by atoms with Crippen molar-refractivity contribution < 1.29 is 0 Å². The van der Waals surface area contributed by atoms with Crippen LogP contribution in [0.3, 0.4) is 0 Å². The number of aryl methyl sites for hydroxylation is 1. The van der Waals surface area contributed by atoms with E-state index in [1.807, 2.05) is 22.8 Å². The Balaban J connectivity index is 0.000000507. The second kappa shape index (κ2) is 13.4. The van der Waals surface area contributed by atoms with Gasteiger partial charge in [0.05, 0.1) is 16.6 Å². The fourth-order valence-corrected chi connectivity index (χ4v) is 9.90. The molecule has 2 aromatic heterocycles. The summed E-state index contributed by atoms with van der Waals surface area (Å²) >= 11 is 0. The summed E-state index contributed by atoms with van der Waals surface area (Å²) in [5, 5.41) is 12.2. The highest BCUT2D eigenvalue weighted by molar-refractivity contribution is 6.26. The average Bonchev–Trinajstić information content (AvgIpc) is 3.83. The molecule has 0 fully saturated rings. The van der Waals surface area contributed by atoms with E-state index in [1.54, 1.807) is 0 Å². The predicted octanol–water partition coefficient (Wildman–Crippen LogP) is 14.3. The molecule has 2 heterocycles. The minimum absolute atomic E-state index is 0.0124. The first kappa shape index (κ1) is 34.3. The van der Waals surface area contributed by atoms with Crippen LogP contribution in [0, 0.1) is 6.92 Å². The summed E-state index contributed by atoms with van der Waals surface area (Å²) in [5.74, 6) is 0. The van der Waals surface area contributed by atoms with Gasteiger partial charge in [-0.15, -0.1) is 0 Å². The molecule has 10 aromatic carbocycles. The Hall–Kier alpha value is -7.75. The monoisotopic (exact) mass is 766 g/mol. The molecule has 0 spiro atoms. The summed E-state index contributed by atoms with van der Waals surface area (Å²) < 4.78 is 4.31. The van der Waals surface area contributed by atoms with Crippen LogP contribution < -0.4 is 5.56 Å². The Kier molecular flexibility index (Phi) is 7.66. The highest BCUT2D eigenvalue weighted by Crippen LogP contribution is 2.43. The van der Waals surface area contributed by atoms with Crippen LogP contribution in [0.25, 0.3) is 98.3 Å². The standard InChI is InChI=1S/C50H30N2O.C7H8/c53-50-46-27-45-40-20-10-11-21-47(40)51(32-13-2-1-3-14-32)48(45)29-43(46)44-25-31-24-30-12-4-5-15-34(30)41(31)28-49(44)52(50)33-22-23-39-37-18-7-6-16-35(37)36-17-8-9-19-38(36)42(39)26-33;1-7-5-3-2-4-6-7/h1-23,25-29H,24H2;2-6H,1H3. The van der Waals surface area contributed by atoms with E-state index in [0.29, 0.717) is 0 Å². The molecule has 1 aliphatic rings. The molecule has 0 saturated carbocycles. The number of hydrogen-bond donors (Lipinski definition) is 0. The van der Waals surface area contributed by atoms with E-state index in [1.165, 1.54) is 54.7 Å². The summed E-state index contributed by atoms with van der Waals surface area (Å²) in [6.07, 6.45) is 0.879. The predicted molar refractivity (Wildman–Crippen MR) is 253 cm³/mol. The van der Waals surface area contributed by atoms with Crippen molar-refractivity contribution in [2.24, 2.45) is 0 Å². The number of benzene rings is 10. The number of rotatable bonds is 2. The van der Waals surface area contributed by atoms with Crippen molar-refractivity contribution in [3.8, 4) is 22.5 Å². The summed E-state index contributed by atoms with van der Waals surface area (Å²) in [7, 11) is 0. The SMILES string of the molecule is Cc1ccccc1.O=c1c2cc3c4ccccc4n(-c4ccccc4)c3cc2c2cc3c(cc2n1-c1ccc2c4ccccc4c4ccccc4c2c1)-c1ccccc1C3. The lowest BCUT2D eigenvalue weighted by Crippen LogP contribution is -2.19. The number of pyridine rings is 1. The molecule has 0 atom stereocenters. The molecule has 0 bridgehead atoms. The maximum atomic E-state index is 15.3. The molecule has 13 rings (SSSR count). The molecular weight excluding hydrogens is 729 g/mol. The minimum Gasteiger partial charge on any atom is -0.309 e. The highest BCUT2D eigenvalue weighted by Gasteiger charge is 2.24. The van der Waals surface area contributed by atoms with Gasteiger partial charge in [-0.25, -0.2) is 0 Å². The van der Waals surface area contributed by atoms with Crippen molar-refractivity contribution in [3.05, 3.63) is 227 Å². The first-order chi connectivity index (χ1) is 29.6. The molecule has 0 aliphatic heterocycles. The van der Waals surface area contributed by atoms with Gasteiger partial charge in [0.25, 0.3) is 5.56 Å². The Labute approximate surface area is 346 Å². The van der Waals surface area contributed by atoms with E-state index in [4.69, 9.17) is 0 Å². The molecule has 3 heteroatoms. The van der Waals surface area contributed by atoms with Crippen molar-refractivity contribution in [3.63, 3.8) is 0 Å². The van der Waals surface area contributed by atoms with Gasteiger partial charge < -0.3 is 4.57 Å². The van der Waals surface area contributed by atoms with Gasteiger partial charge in [0.2, 0.25) is 0 Å². The average molecular weight is 767 g/mol. The maximum Gasteiger partial charge on any atom is 0.263 e. The molecule has 0 saturated heterocycles. The van der Waals surface area contributed by atoms with Gasteiger partial charge in [0, 0.05) is 32.9 Å². The van der Waals surface area contributed by atoms with Crippen LogP contribution >= 0.6 is 0 Å². The smallest absolute Gasteiger partial charge is 0.263 e. The van der Waals surface area contributed by atoms with Crippen LogP contribution in [0.2, 0.25) is 0 Å². The van der Waals surface area contributed by atoms with Crippen LogP contribution in [-0.4, -0.2) is 9.13 Å². The molecule has 0 amide bonds. The lowest BCUT2D eigenvalue weighted by atomic mass is 9.94. The van der Waals surface area contributed by atoms with Crippen LogP contribution in [0.4, 0.5) is 0 Å². The Bertz CT molecular complexity index is 3730. The third kappa shape index (κ3) is 5.19. The topological polar surface area (TPSA) is 26.9 Å². The number of hydrogen-bond acceptors (Lipinski definition) is 1. The normalized spacial score (nSPS) is 12.1. The Morgan fingerprint density at radius 3 is 1.58 bits per heavy atom. The lowest BCUT2D eigenvalue weighted by Gasteiger charge is -2.17. The van der Waals surface area contributed by atoms with Crippen molar-refractivity contribution in [2.45, 2.75) is 13.3 Å². The van der Waals surface area contributed by atoms with Crippen LogP contribution in [0.5, 0.6) is 0 Å². The number of nitrogens with zero attached hydrogens (tertiary/aromatic N) is 2. The zero-order chi connectivity index (χ0) is 39.9. The number of aromatic nitrogens is 2. The molecule has 1 aliphatic carbocycles. The fourth-order valence-electron chi connectivity index (χ4n) is 9.90. The molecule has 0 N–H and O–H groups in total. The molecule has 0 radical (unpaired) electrons. The Morgan fingerprint density at radius 2 is 0.883 bits per heavy atom. The van der Waals surface area contributed by atoms with E-state index < -0.39 is 0 Å². The van der Waals surface area contributed by atoms with Crippen LogP contribution in [0.1, 0.15) is 16.7 Å². The first-order valence-corrected chi connectivity index (χ1v) is 20.7. The maximum absolute atomic E-state index is 15.3. The van der Waals surface area contributed by atoms with Gasteiger partial charge in [-0.3, -0.25) is 9.36 Å². The largest absolute Gasteiger partial charge is 0.309 e. The number of fused-ring (bicyclic) bond motifs is 15. The van der Waals surface area contributed by atoms with Gasteiger partial charge in [-0.1, -0.05) is 151 Å². The lowest BCUT2D eigenvalue weighted by molar-refractivity contribution is 1.06. The minimum atomic E-state index is -0.0124. The van der Waals surface area contributed by atoms with E-state index in [-0.39, 0.29) is 5.56 Å². The van der Waals surface area contributed by atoms with E-state index in [0.717, 1.165) is 66.7 Å². The van der Waals surface area contributed by atoms with Gasteiger partial charge >= 0.3 is 0 Å². The summed E-state index contributed by atoms with van der Waals surface area (Å²) in [5.41, 5.74) is 11.5. The zero-order valence-electron chi connectivity index (χ0n) is 33.1. The quantitative estimate of drug-likeness (QED) is 0.161. The van der Waals surface area contributed by atoms with Gasteiger partial charge in [0.15, 0.2) is 0 Å². The van der Waals surface area contributed by atoms with Crippen LogP contribution in [-0.2, 0) is 6.42 Å². The van der Waals surface area contributed by atoms with Crippen molar-refractivity contribution >= 4 is 75.8 Å². The molecule has 12 aromatic rings. The fraction of sp³-hybridized carbons (Fsp3) is 0.0351. The second-order valence-corrected chi connectivity index (χ2v) is 16.1. The van der Waals surface area contributed by atoms with Gasteiger partial charge in [0.1, 0.15) is 0 Å². The molecule has 3 nitrogen and oxygen atoms in total. The molecule has 282 valence electrons. The van der Waals surface area contributed by atoms with Crippen molar-refractivity contribution in [1.29, 1.82) is 0 Å². The number of para-hydroxylation sites is 2. The van der Waals surface area contributed by atoms with E-state index >= 15 is 4.79 Å². The van der Waals surface area contributed by atoms with Crippen molar-refractivity contribution in [1.82, 2.24) is 9.13 Å². The van der Waals surface area contributed by atoms with Gasteiger partial charge in [-0.2, -0.15) is 0 Å². The summed E-state index contributed by atoms with van der Waals surface area (Å²) in [4.78, 5) is 15.3. The van der Waals surface area contributed by atoms with Gasteiger partial charge in [-0.05, 0) is 128 Å². The summed E-state index contributed by atoms with van der Waals surface area (Å²) in [6.45, 7) is 2.08. The third-order valence-corrected chi connectivity index (χ3v) is 12.6. The molecule has 60 heavy (non-hydrogen) atoms. The van der Waals surface area contributed by atoms with Crippen molar-refractivity contribution in [2.75, 3.05) is 0 Å². The zero-order valence-corrected chi connectivity index (χ0v) is 33.1. The van der Waals surface area contributed by atoms with E-state index in [2.05, 4.69) is 193 Å². The van der Waals surface area contributed by atoms with Crippen LogP contribution in [0.15, 0.2) is 205 Å². The Morgan fingerprint density at radius 1 is 0.333 bits per heavy atom. The molecular formula is C57H38N2O. The highest BCUT2D eigenvalue weighted by atomic mass is 16.1. The first-order valence-electron chi connectivity index (χ1n) is 20.7.